The number of anilines is 2. The summed E-state index contributed by atoms with van der Waals surface area (Å²) in [5, 5.41) is 2.70. The van der Waals surface area contributed by atoms with Crippen LogP contribution in [0.1, 0.15) is 29.3 Å². The van der Waals surface area contributed by atoms with Crippen molar-refractivity contribution in [2.45, 2.75) is 20.3 Å². The number of carbonyl (C=O) groups excluding carboxylic acids is 3. The third-order valence-corrected chi connectivity index (χ3v) is 4.56. The van der Waals surface area contributed by atoms with Gasteiger partial charge in [0.25, 0.3) is 11.8 Å². The summed E-state index contributed by atoms with van der Waals surface area (Å²) in [6, 6.07) is 13.5. The number of para-hydroxylation sites is 1. The van der Waals surface area contributed by atoms with E-state index in [0.29, 0.717) is 23.5 Å². The molecule has 0 aromatic heterocycles. The molecule has 144 valence electrons. The van der Waals surface area contributed by atoms with Gasteiger partial charge in [-0.3, -0.25) is 9.59 Å². The predicted octanol–water partition coefficient (Wildman–Crippen LogP) is 4.00. The first-order chi connectivity index (χ1) is 13.4. The second-order valence-electron chi connectivity index (χ2n) is 6.26. The molecule has 0 spiro atoms. The highest BCUT2D eigenvalue weighted by Crippen LogP contribution is 2.31. The molecule has 0 unspecified atom stereocenters. The smallest absolute Gasteiger partial charge is 0.338 e. The number of hydrogen-bond donors (Lipinski definition) is 1. The van der Waals surface area contributed by atoms with Gasteiger partial charge in [0.15, 0.2) is 0 Å². The Hall–Kier alpha value is -3.12. The van der Waals surface area contributed by atoms with E-state index >= 15 is 0 Å². The lowest BCUT2D eigenvalue weighted by molar-refractivity contribution is -0.120. The molecule has 2 amide bonds. The number of amides is 2. The fourth-order valence-corrected chi connectivity index (χ4v) is 2.97. The average Bonchev–Trinajstić information content (AvgIpc) is 2.90. The van der Waals surface area contributed by atoms with Gasteiger partial charge in [-0.1, -0.05) is 36.7 Å². The number of ether oxygens (including phenoxy) is 1. The first kappa shape index (κ1) is 19.6. The van der Waals surface area contributed by atoms with Crippen LogP contribution in [-0.4, -0.2) is 24.4 Å². The van der Waals surface area contributed by atoms with Crippen LogP contribution in [-0.2, 0) is 14.3 Å². The minimum absolute atomic E-state index is 0.00349. The maximum atomic E-state index is 12.8. The van der Waals surface area contributed by atoms with Gasteiger partial charge in [-0.05, 0) is 49.2 Å². The molecule has 0 saturated carbocycles. The summed E-state index contributed by atoms with van der Waals surface area (Å²) in [6.45, 7) is 4.08. The summed E-state index contributed by atoms with van der Waals surface area (Å²) in [4.78, 5) is 38.2. The Labute approximate surface area is 167 Å². The number of esters is 1. The van der Waals surface area contributed by atoms with Crippen LogP contribution >= 0.6 is 11.6 Å². The van der Waals surface area contributed by atoms with Crippen molar-refractivity contribution < 1.29 is 19.1 Å². The molecule has 7 heteroatoms. The first-order valence-corrected chi connectivity index (χ1v) is 9.20. The standard InChI is InChI=1S/C21H19ClN2O4/c1-3-12-28-21(27)14-8-10-15(11-9-14)23-18-17(22)19(25)24(20(18)26)16-7-5-4-6-13(16)2/h4-11,23H,3,12H2,1-2H3. The molecule has 0 fully saturated rings. The minimum atomic E-state index is -0.580. The van der Waals surface area contributed by atoms with Gasteiger partial charge >= 0.3 is 5.97 Å². The van der Waals surface area contributed by atoms with Crippen molar-refractivity contribution in [2.24, 2.45) is 0 Å². The van der Waals surface area contributed by atoms with Crippen LogP contribution in [0, 0.1) is 6.92 Å². The van der Waals surface area contributed by atoms with Crippen molar-refractivity contribution >= 4 is 40.8 Å². The van der Waals surface area contributed by atoms with E-state index in [9.17, 15) is 14.4 Å². The monoisotopic (exact) mass is 398 g/mol. The number of aryl methyl sites for hydroxylation is 1. The maximum absolute atomic E-state index is 12.8. The molecule has 2 aromatic rings. The zero-order valence-electron chi connectivity index (χ0n) is 15.5. The second-order valence-corrected chi connectivity index (χ2v) is 6.64. The predicted molar refractivity (Wildman–Crippen MR) is 107 cm³/mol. The molecular formula is C21H19ClN2O4. The Bertz CT molecular complexity index is 967. The first-order valence-electron chi connectivity index (χ1n) is 8.82. The highest BCUT2D eigenvalue weighted by Gasteiger charge is 2.39. The lowest BCUT2D eigenvalue weighted by Crippen LogP contribution is -2.32. The van der Waals surface area contributed by atoms with E-state index in [0.717, 1.165) is 16.9 Å². The fraction of sp³-hybridized carbons (Fsp3) is 0.190. The molecule has 3 rings (SSSR count). The molecule has 6 nitrogen and oxygen atoms in total. The summed E-state index contributed by atoms with van der Waals surface area (Å²) in [5.41, 5.74) is 2.19. The third-order valence-electron chi connectivity index (χ3n) is 4.21. The molecule has 0 atom stereocenters. The molecule has 1 heterocycles. The van der Waals surface area contributed by atoms with Crippen LogP contribution in [0.5, 0.6) is 0 Å². The number of hydrogen-bond acceptors (Lipinski definition) is 5. The Kier molecular flexibility index (Phi) is 5.80. The molecule has 0 bridgehead atoms. The summed E-state index contributed by atoms with van der Waals surface area (Å²) < 4.78 is 5.08. The van der Waals surface area contributed by atoms with Gasteiger partial charge in [0, 0.05) is 5.69 Å². The highest BCUT2D eigenvalue weighted by atomic mass is 35.5. The number of carbonyl (C=O) groups is 3. The molecule has 2 aromatic carbocycles. The number of benzene rings is 2. The van der Waals surface area contributed by atoms with Crippen LogP contribution in [0.25, 0.3) is 0 Å². The van der Waals surface area contributed by atoms with Crippen LogP contribution in [0.2, 0.25) is 0 Å². The zero-order valence-corrected chi connectivity index (χ0v) is 16.2. The van der Waals surface area contributed by atoms with Crippen molar-refractivity contribution in [1.82, 2.24) is 0 Å². The molecule has 1 N–H and O–H groups in total. The van der Waals surface area contributed by atoms with Crippen molar-refractivity contribution in [2.75, 3.05) is 16.8 Å². The number of halogens is 1. The summed E-state index contributed by atoms with van der Waals surface area (Å²) >= 11 is 6.14. The van der Waals surface area contributed by atoms with E-state index in [2.05, 4.69) is 5.32 Å². The van der Waals surface area contributed by atoms with Crippen molar-refractivity contribution in [3.05, 3.63) is 70.4 Å². The van der Waals surface area contributed by atoms with E-state index in [1.54, 1.807) is 36.4 Å². The van der Waals surface area contributed by atoms with Gasteiger partial charge in [0.2, 0.25) is 0 Å². The number of rotatable bonds is 6. The van der Waals surface area contributed by atoms with Crippen LogP contribution in [0.15, 0.2) is 59.3 Å². The molecular weight excluding hydrogens is 380 g/mol. The zero-order chi connectivity index (χ0) is 20.3. The minimum Gasteiger partial charge on any atom is -0.462 e. The van der Waals surface area contributed by atoms with Crippen LogP contribution in [0.4, 0.5) is 11.4 Å². The van der Waals surface area contributed by atoms with Crippen LogP contribution in [0.3, 0.4) is 0 Å². The summed E-state index contributed by atoms with van der Waals surface area (Å²) in [7, 11) is 0. The molecule has 0 radical (unpaired) electrons. The normalized spacial score (nSPS) is 13.9. The number of nitrogens with zero attached hydrogens (tertiary/aromatic N) is 1. The summed E-state index contributed by atoms with van der Waals surface area (Å²) in [6.07, 6.45) is 0.742. The fourth-order valence-electron chi connectivity index (χ4n) is 2.76. The Morgan fingerprint density at radius 3 is 2.39 bits per heavy atom. The van der Waals surface area contributed by atoms with Gasteiger partial charge in [-0.15, -0.1) is 0 Å². The van der Waals surface area contributed by atoms with Crippen molar-refractivity contribution in [1.29, 1.82) is 0 Å². The van der Waals surface area contributed by atoms with Crippen molar-refractivity contribution in [3.63, 3.8) is 0 Å². The van der Waals surface area contributed by atoms with Gasteiger partial charge < -0.3 is 10.1 Å². The van der Waals surface area contributed by atoms with Gasteiger partial charge in [-0.2, -0.15) is 0 Å². The van der Waals surface area contributed by atoms with E-state index in [4.69, 9.17) is 16.3 Å². The summed E-state index contributed by atoms with van der Waals surface area (Å²) in [5.74, 6) is -1.53. The Morgan fingerprint density at radius 1 is 1.07 bits per heavy atom. The lowest BCUT2D eigenvalue weighted by Gasteiger charge is -2.17. The van der Waals surface area contributed by atoms with E-state index in [1.807, 2.05) is 26.0 Å². The van der Waals surface area contributed by atoms with Gasteiger partial charge in [0.1, 0.15) is 10.7 Å². The molecule has 1 aliphatic rings. The lowest BCUT2D eigenvalue weighted by atomic mass is 10.2. The topological polar surface area (TPSA) is 75.7 Å². The number of nitrogens with one attached hydrogen (secondary N) is 1. The molecule has 0 aliphatic carbocycles. The van der Waals surface area contributed by atoms with E-state index in [-0.39, 0.29) is 10.7 Å². The number of imide groups is 1. The Balaban J connectivity index is 1.79. The van der Waals surface area contributed by atoms with Crippen molar-refractivity contribution in [3.8, 4) is 0 Å². The van der Waals surface area contributed by atoms with E-state index in [1.165, 1.54) is 0 Å². The second kappa shape index (κ2) is 8.27. The van der Waals surface area contributed by atoms with E-state index < -0.39 is 17.8 Å². The Morgan fingerprint density at radius 2 is 1.75 bits per heavy atom. The van der Waals surface area contributed by atoms with Gasteiger partial charge in [0.05, 0.1) is 17.9 Å². The average molecular weight is 399 g/mol. The quantitative estimate of drug-likeness (QED) is 0.588. The highest BCUT2D eigenvalue weighted by molar-refractivity contribution is 6.53. The molecule has 28 heavy (non-hydrogen) atoms. The largest absolute Gasteiger partial charge is 0.462 e. The van der Waals surface area contributed by atoms with Crippen LogP contribution < -0.4 is 10.2 Å². The maximum Gasteiger partial charge on any atom is 0.338 e. The molecule has 0 saturated heterocycles. The SMILES string of the molecule is CCCOC(=O)c1ccc(NC2=C(Cl)C(=O)N(c3ccccc3C)C2=O)cc1. The third kappa shape index (κ3) is 3.77. The molecule has 1 aliphatic heterocycles. The van der Waals surface area contributed by atoms with Gasteiger partial charge in [-0.25, -0.2) is 9.69 Å².